The van der Waals surface area contributed by atoms with E-state index in [1.54, 1.807) is 12.3 Å². The van der Waals surface area contributed by atoms with Gasteiger partial charge in [0.05, 0.1) is 11.6 Å². The van der Waals surface area contributed by atoms with Crippen LogP contribution in [0.5, 0.6) is 0 Å². The topological polar surface area (TPSA) is 58.1 Å². The molecule has 2 aliphatic heterocycles. The van der Waals surface area contributed by atoms with Gasteiger partial charge in [-0.05, 0) is 30.5 Å². The van der Waals surface area contributed by atoms with Crippen molar-refractivity contribution in [3.8, 4) is 0 Å². The molecule has 1 aromatic carbocycles. The fourth-order valence-corrected chi connectivity index (χ4v) is 3.37. The number of anilines is 1. The highest BCUT2D eigenvalue weighted by molar-refractivity contribution is 5.78. The number of nitrogens with zero attached hydrogens (tertiary/aromatic N) is 3. The van der Waals surface area contributed by atoms with E-state index in [4.69, 9.17) is 0 Å². The number of carbonyl (C=O) groups excluding carboxylic acids is 1. The van der Waals surface area contributed by atoms with E-state index in [0.29, 0.717) is 23.3 Å². The van der Waals surface area contributed by atoms with Crippen molar-refractivity contribution >= 4 is 23.1 Å². The number of fused-ring (bicyclic) bond motifs is 2. The zero-order valence-electron chi connectivity index (χ0n) is 11.4. The van der Waals surface area contributed by atoms with Gasteiger partial charge in [0.2, 0.25) is 5.95 Å². The maximum Gasteiger partial charge on any atom is 0.225 e. The van der Waals surface area contributed by atoms with E-state index >= 15 is 0 Å². The van der Waals surface area contributed by atoms with Crippen molar-refractivity contribution in [1.82, 2.24) is 15.3 Å². The largest absolute Gasteiger partial charge is 0.339 e. The zero-order valence-corrected chi connectivity index (χ0v) is 11.4. The number of rotatable bonds is 2. The van der Waals surface area contributed by atoms with Crippen molar-refractivity contribution in [2.45, 2.75) is 18.5 Å². The lowest BCUT2D eigenvalue weighted by atomic mass is 10.0. The number of nitrogens with one attached hydrogen (secondary N) is 1. The van der Waals surface area contributed by atoms with Gasteiger partial charge in [0.1, 0.15) is 12.1 Å². The molecule has 21 heavy (non-hydrogen) atoms. The van der Waals surface area contributed by atoms with Gasteiger partial charge in [0.25, 0.3) is 0 Å². The number of hydrogen-bond acceptors (Lipinski definition) is 5. The third kappa shape index (κ3) is 2.15. The second-order valence-electron chi connectivity index (χ2n) is 5.79. The Kier molecular flexibility index (Phi) is 2.85. The third-order valence-electron chi connectivity index (χ3n) is 4.40. The van der Waals surface area contributed by atoms with Crippen LogP contribution < -0.4 is 10.2 Å². The minimum atomic E-state index is -0.279. The van der Waals surface area contributed by atoms with Crippen molar-refractivity contribution < 1.29 is 9.18 Å². The fraction of sp³-hybridized carbons (Fsp3) is 0.400. The van der Waals surface area contributed by atoms with Crippen molar-refractivity contribution in [3.05, 3.63) is 30.2 Å². The Bertz CT molecular complexity index is 693. The SMILES string of the molecule is O=CC1CC2CN(c3ncc4cc(F)ccc4n3)CC2N1. The van der Waals surface area contributed by atoms with E-state index in [-0.39, 0.29) is 11.9 Å². The lowest BCUT2D eigenvalue weighted by Crippen LogP contribution is -2.36. The number of carbonyl (C=O) groups is 1. The average molecular weight is 286 g/mol. The quantitative estimate of drug-likeness (QED) is 0.839. The number of benzene rings is 1. The number of aromatic nitrogens is 2. The van der Waals surface area contributed by atoms with Crippen LogP contribution in [0, 0.1) is 11.7 Å². The predicted molar refractivity (Wildman–Crippen MR) is 76.6 cm³/mol. The minimum absolute atomic E-state index is 0.0114. The van der Waals surface area contributed by atoms with Gasteiger partial charge < -0.3 is 15.0 Å². The molecule has 0 spiro atoms. The van der Waals surface area contributed by atoms with E-state index in [1.807, 2.05) is 0 Å². The fourth-order valence-electron chi connectivity index (χ4n) is 3.37. The first-order chi connectivity index (χ1) is 10.2. The van der Waals surface area contributed by atoms with Crippen molar-refractivity contribution in [2.24, 2.45) is 5.92 Å². The average Bonchev–Trinajstić information content (AvgIpc) is 3.04. The molecule has 0 radical (unpaired) electrons. The first-order valence-electron chi connectivity index (χ1n) is 7.11. The van der Waals surface area contributed by atoms with Crippen molar-refractivity contribution in [1.29, 1.82) is 0 Å². The summed E-state index contributed by atoms with van der Waals surface area (Å²) in [5.41, 5.74) is 0.747. The molecule has 0 amide bonds. The van der Waals surface area contributed by atoms with E-state index in [9.17, 15) is 9.18 Å². The molecule has 2 aromatic rings. The number of halogens is 1. The van der Waals surface area contributed by atoms with Crippen molar-refractivity contribution in [3.63, 3.8) is 0 Å². The highest BCUT2D eigenvalue weighted by Crippen LogP contribution is 2.30. The van der Waals surface area contributed by atoms with Gasteiger partial charge in [-0.25, -0.2) is 14.4 Å². The van der Waals surface area contributed by atoms with Crippen LogP contribution in [0.15, 0.2) is 24.4 Å². The van der Waals surface area contributed by atoms with E-state index < -0.39 is 0 Å². The Morgan fingerprint density at radius 3 is 3.10 bits per heavy atom. The lowest BCUT2D eigenvalue weighted by Gasteiger charge is -2.18. The molecule has 2 fully saturated rings. The molecule has 0 bridgehead atoms. The summed E-state index contributed by atoms with van der Waals surface area (Å²) in [6.45, 7) is 1.66. The van der Waals surface area contributed by atoms with Crippen LogP contribution in [0.3, 0.4) is 0 Å². The Hall–Kier alpha value is -2.08. The summed E-state index contributed by atoms with van der Waals surface area (Å²) < 4.78 is 13.2. The molecule has 0 saturated carbocycles. The summed E-state index contributed by atoms with van der Waals surface area (Å²) in [5, 5.41) is 4.04. The molecule has 3 unspecified atom stereocenters. The molecule has 1 aromatic heterocycles. The highest BCUT2D eigenvalue weighted by atomic mass is 19.1. The van der Waals surface area contributed by atoms with E-state index in [2.05, 4.69) is 20.2 Å². The molecule has 3 heterocycles. The lowest BCUT2D eigenvalue weighted by molar-refractivity contribution is -0.109. The standard InChI is InChI=1S/C15H15FN4O/c16-11-1-2-13-9(3-11)5-17-15(19-13)20-6-10-4-12(8-21)18-14(10)7-20/h1-3,5,8,10,12,14,18H,4,6-7H2. The molecular formula is C15H15FN4O. The molecular weight excluding hydrogens is 271 g/mol. The van der Waals surface area contributed by atoms with Crippen LogP contribution in [-0.2, 0) is 4.79 Å². The van der Waals surface area contributed by atoms with E-state index in [1.165, 1.54) is 12.1 Å². The Labute approximate surface area is 121 Å². The Balaban J connectivity index is 1.58. The van der Waals surface area contributed by atoms with Crippen LogP contribution in [0.4, 0.5) is 10.3 Å². The second-order valence-corrected chi connectivity index (χ2v) is 5.79. The maximum atomic E-state index is 13.2. The second kappa shape index (κ2) is 4.73. The zero-order chi connectivity index (χ0) is 14.4. The monoisotopic (exact) mass is 286 g/mol. The first kappa shape index (κ1) is 12.6. The van der Waals surface area contributed by atoms with Crippen LogP contribution in [-0.4, -0.2) is 41.4 Å². The Morgan fingerprint density at radius 2 is 2.29 bits per heavy atom. The Morgan fingerprint density at radius 1 is 1.38 bits per heavy atom. The van der Waals surface area contributed by atoms with Gasteiger partial charge in [0.15, 0.2) is 0 Å². The number of hydrogen-bond donors (Lipinski definition) is 1. The number of aldehydes is 1. The van der Waals surface area contributed by atoms with Gasteiger partial charge in [-0.2, -0.15) is 0 Å². The molecule has 5 nitrogen and oxygen atoms in total. The summed E-state index contributed by atoms with van der Waals surface area (Å²) in [5.74, 6) is 0.860. The summed E-state index contributed by atoms with van der Waals surface area (Å²) in [7, 11) is 0. The summed E-state index contributed by atoms with van der Waals surface area (Å²) in [6.07, 6.45) is 3.53. The van der Waals surface area contributed by atoms with Crippen LogP contribution in [0.25, 0.3) is 10.9 Å². The molecule has 4 rings (SSSR count). The highest BCUT2D eigenvalue weighted by Gasteiger charge is 2.41. The molecule has 6 heteroatoms. The first-order valence-corrected chi connectivity index (χ1v) is 7.11. The van der Waals surface area contributed by atoms with Gasteiger partial charge in [-0.3, -0.25) is 0 Å². The minimum Gasteiger partial charge on any atom is -0.339 e. The van der Waals surface area contributed by atoms with Gasteiger partial charge in [-0.15, -0.1) is 0 Å². The summed E-state index contributed by atoms with van der Waals surface area (Å²) >= 11 is 0. The van der Waals surface area contributed by atoms with Gasteiger partial charge in [0, 0.05) is 30.7 Å². The predicted octanol–water partition coefficient (Wildman–Crippen LogP) is 1.13. The maximum absolute atomic E-state index is 13.2. The molecule has 0 aliphatic carbocycles. The smallest absolute Gasteiger partial charge is 0.225 e. The molecule has 2 aliphatic rings. The van der Waals surface area contributed by atoms with Gasteiger partial charge in [-0.1, -0.05) is 0 Å². The van der Waals surface area contributed by atoms with Crippen LogP contribution in [0.2, 0.25) is 0 Å². The van der Waals surface area contributed by atoms with Crippen molar-refractivity contribution in [2.75, 3.05) is 18.0 Å². The van der Waals surface area contributed by atoms with Crippen LogP contribution >= 0.6 is 0 Å². The molecule has 1 N–H and O–H groups in total. The molecule has 3 atom stereocenters. The van der Waals surface area contributed by atoms with Gasteiger partial charge >= 0.3 is 0 Å². The molecule has 2 saturated heterocycles. The normalized spacial score (nSPS) is 28.0. The van der Waals surface area contributed by atoms with Crippen LogP contribution in [0.1, 0.15) is 6.42 Å². The van der Waals surface area contributed by atoms with E-state index in [0.717, 1.165) is 31.3 Å². The molecule has 108 valence electrons. The third-order valence-corrected chi connectivity index (χ3v) is 4.40. The summed E-state index contributed by atoms with van der Waals surface area (Å²) in [6, 6.07) is 4.84. The summed E-state index contributed by atoms with van der Waals surface area (Å²) in [4.78, 5) is 21.8.